The number of para-hydroxylation sites is 1. The van der Waals surface area contributed by atoms with Gasteiger partial charge in [0.25, 0.3) is 0 Å². The van der Waals surface area contributed by atoms with Crippen LogP contribution in [0.1, 0.15) is 25.3 Å². The molecule has 0 aromatic heterocycles. The van der Waals surface area contributed by atoms with E-state index in [2.05, 4.69) is 12.2 Å². The number of benzene rings is 2. The molecule has 0 fully saturated rings. The molecule has 0 saturated heterocycles. The van der Waals surface area contributed by atoms with Crippen LogP contribution in [-0.4, -0.2) is 25.8 Å². The van der Waals surface area contributed by atoms with Crippen LogP contribution >= 0.6 is 0 Å². The second kappa shape index (κ2) is 11.0. The molecular formula is C21H24O4. The SMILES string of the molecule is CCOC(=O)COCCCC=Cc1cccc(Oc2ccccc2)c1. The zero-order valence-electron chi connectivity index (χ0n) is 14.5. The highest BCUT2D eigenvalue weighted by Gasteiger charge is 2.00. The van der Waals surface area contributed by atoms with E-state index in [-0.39, 0.29) is 12.6 Å². The van der Waals surface area contributed by atoms with E-state index in [4.69, 9.17) is 14.2 Å². The lowest BCUT2D eigenvalue weighted by Crippen LogP contribution is -2.12. The Labute approximate surface area is 149 Å². The summed E-state index contributed by atoms with van der Waals surface area (Å²) in [5.41, 5.74) is 1.08. The highest BCUT2D eigenvalue weighted by atomic mass is 16.6. The van der Waals surface area contributed by atoms with Gasteiger partial charge in [0, 0.05) is 6.61 Å². The number of allylic oxidation sites excluding steroid dienone is 1. The van der Waals surface area contributed by atoms with E-state index >= 15 is 0 Å². The first kappa shape index (κ1) is 18.7. The highest BCUT2D eigenvalue weighted by molar-refractivity contribution is 5.70. The van der Waals surface area contributed by atoms with Gasteiger partial charge in [0.2, 0.25) is 0 Å². The Morgan fingerprint density at radius 3 is 2.64 bits per heavy atom. The average Bonchev–Trinajstić information content (AvgIpc) is 2.62. The van der Waals surface area contributed by atoms with Crippen LogP contribution in [-0.2, 0) is 14.3 Å². The summed E-state index contributed by atoms with van der Waals surface area (Å²) in [6.07, 6.45) is 5.89. The van der Waals surface area contributed by atoms with Crippen LogP contribution in [0.15, 0.2) is 60.7 Å². The minimum absolute atomic E-state index is 0.0242. The van der Waals surface area contributed by atoms with Gasteiger partial charge in [-0.1, -0.05) is 42.5 Å². The van der Waals surface area contributed by atoms with Crippen LogP contribution in [0.2, 0.25) is 0 Å². The molecule has 0 amide bonds. The molecule has 4 nitrogen and oxygen atoms in total. The molecule has 2 aromatic carbocycles. The Bertz CT molecular complexity index is 665. The molecular weight excluding hydrogens is 316 g/mol. The van der Waals surface area contributed by atoms with Crippen molar-refractivity contribution in [3.63, 3.8) is 0 Å². The van der Waals surface area contributed by atoms with Gasteiger partial charge in [0.15, 0.2) is 0 Å². The lowest BCUT2D eigenvalue weighted by atomic mass is 10.2. The Morgan fingerprint density at radius 1 is 1.04 bits per heavy atom. The Balaban J connectivity index is 1.70. The summed E-state index contributed by atoms with van der Waals surface area (Å²) in [5.74, 6) is 1.32. The first-order valence-electron chi connectivity index (χ1n) is 8.51. The van der Waals surface area contributed by atoms with Gasteiger partial charge >= 0.3 is 5.97 Å². The second-order valence-corrected chi connectivity index (χ2v) is 5.39. The fourth-order valence-corrected chi connectivity index (χ4v) is 2.19. The maximum atomic E-state index is 11.1. The van der Waals surface area contributed by atoms with Crippen molar-refractivity contribution < 1.29 is 19.0 Å². The van der Waals surface area contributed by atoms with E-state index in [1.807, 2.05) is 54.6 Å². The standard InChI is InChI=1S/C21H24O4/c1-2-24-21(22)17-23-15-8-4-5-10-18-11-9-14-20(16-18)25-19-12-6-3-7-13-19/h3,5-7,9-14,16H,2,4,8,15,17H2,1H3. The predicted octanol–water partition coefficient (Wildman–Crippen LogP) is 4.85. The van der Waals surface area contributed by atoms with E-state index < -0.39 is 0 Å². The molecule has 0 saturated carbocycles. The van der Waals surface area contributed by atoms with E-state index in [0.717, 1.165) is 29.9 Å². The monoisotopic (exact) mass is 340 g/mol. The molecule has 0 heterocycles. The molecule has 0 radical (unpaired) electrons. The third kappa shape index (κ3) is 7.68. The van der Waals surface area contributed by atoms with Gasteiger partial charge in [0.05, 0.1) is 6.61 Å². The Morgan fingerprint density at radius 2 is 1.84 bits per heavy atom. The quantitative estimate of drug-likeness (QED) is 0.458. The maximum Gasteiger partial charge on any atom is 0.332 e. The Hall–Kier alpha value is -2.59. The van der Waals surface area contributed by atoms with Gasteiger partial charge in [-0.3, -0.25) is 0 Å². The van der Waals surface area contributed by atoms with Crippen LogP contribution in [0.3, 0.4) is 0 Å². The third-order valence-electron chi connectivity index (χ3n) is 3.33. The number of unbranched alkanes of at least 4 members (excludes halogenated alkanes) is 1. The first-order chi connectivity index (χ1) is 12.3. The van der Waals surface area contributed by atoms with Crippen molar-refractivity contribution in [3.05, 3.63) is 66.2 Å². The molecule has 0 N–H and O–H groups in total. The van der Waals surface area contributed by atoms with Gasteiger partial charge in [-0.05, 0) is 49.6 Å². The molecule has 0 unspecified atom stereocenters. The van der Waals surface area contributed by atoms with Crippen molar-refractivity contribution in [2.75, 3.05) is 19.8 Å². The largest absolute Gasteiger partial charge is 0.464 e. The second-order valence-electron chi connectivity index (χ2n) is 5.39. The van der Waals surface area contributed by atoms with Gasteiger partial charge in [-0.25, -0.2) is 4.79 Å². The van der Waals surface area contributed by atoms with Crippen LogP contribution in [0, 0.1) is 0 Å². The topological polar surface area (TPSA) is 44.8 Å². The van der Waals surface area contributed by atoms with Crippen LogP contribution in [0.25, 0.3) is 6.08 Å². The summed E-state index contributed by atoms with van der Waals surface area (Å²) in [6.45, 7) is 2.73. The van der Waals surface area contributed by atoms with Gasteiger partial charge in [0.1, 0.15) is 18.1 Å². The van der Waals surface area contributed by atoms with Gasteiger partial charge < -0.3 is 14.2 Å². The number of ether oxygens (including phenoxy) is 3. The maximum absolute atomic E-state index is 11.1. The third-order valence-corrected chi connectivity index (χ3v) is 3.33. The Kier molecular flexibility index (Phi) is 8.29. The zero-order valence-corrected chi connectivity index (χ0v) is 14.5. The molecule has 4 heteroatoms. The molecule has 2 aromatic rings. The summed E-state index contributed by atoms with van der Waals surface area (Å²) in [7, 11) is 0. The molecule has 0 bridgehead atoms. The number of carbonyl (C=O) groups is 1. The van der Waals surface area contributed by atoms with Crippen molar-refractivity contribution in [1.82, 2.24) is 0 Å². The minimum atomic E-state index is -0.312. The summed E-state index contributed by atoms with van der Waals surface area (Å²) >= 11 is 0. The molecule has 0 aliphatic rings. The fourth-order valence-electron chi connectivity index (χ4n) is 2.19. The van der Waals surface area contributed by atoms with Crippen molar-refractivity contribution in [1.29, 1.82) is 0 Å². The fraction of sp³-hybridized carbons (Fsp3) is 0.286. The molecule has 0 aliphatic heterocycles. The zero-order chi connectivity index (χ0) is 17.7. The van der Waals surface area contributed by atoms with Gasteiger partial charge in [-0.15, -0.1) is 0 Å². The number of rotatable bonds is 10. The van der Waals surface area contributed by atoms with E-state index in [0.29, 0.717) is 13.2 Å². The molecule has 25 heavy (non-hydrogen) atoms. The van der Waals surface area contributed by atoms with Crippen molar-refractivity contribution in [3.8, 4) is 11.5 Å². The van der Waals surface area contributed by atoms with Gasteiger partial charge in [-0.2, -0.15) is 0 Å². The minimum Gasteiger partial charge on any atom is -0.464 e. The number of carbonyl (C=O) groups excluding carboxylic acids is 1. The smallest absolute Gasteiger partial charge is 0.332 e. The highest BCUT2D eigenvalue weighted by Crippen LogP contribution is 2.22. The van der Waals surface area contributed by atoms with Crippen molar-refractivity contribution in [2.24, 2.45) is 0 Å². The first-order valence-corrected chi connectivity index (χ1v) is 8.51. The lowest BCUT2D eigenvalue weighted by Gasteiger charge is -2.06. The number of esters is 1. The van der Waals surface area contributed by atoms with Crippen molar-refractivity contribution >= 4 is 12.0 Å². The number of hydrogen-bond donors (Lipinski definition) is 0. The molecule has 2 rings (SSSR count). The summed E-state index contributed by atoms with van der Waals surface area (Å²) in [6, 6.07) is 17.7. The molecule has 0 spiro atoms. The van der Waals surface area contributed by atoms with E-state index in [1.54, 1.807) is 6.92 Å². The van der Waals surface area contributed by atoms with E-state index in [1.165, 1.54) is 0 Å². The van der Waals surface area contributed by atoms with Crippen LogP contribution in [0.5, 0.6) is 11.5 Å². The van der Waals surface area contributed by atoms with Crippen LogP contribution in [0.4, 0.5) is 0 Å². The molecule has 0 aliphatic carbocycles. The lowest BCUT2D eigenvalue weighted by molar-refractivity contribution is -0.148. The average molecular weight is 340 g/mol. The van der Waals surface area contributed by atoms with E-state index in [9.17, 15) is 4.79 Å². The summed E-state index contributed by atoms with van der Waals surface area (Å²) in [5, 5.41) is 0. The van der Waals surface area contributed by atoms with Crippen molar-refractivity contribution in [2.45, 2.75) is 19.8 Å². The predicted molar refractivity (Wildman–Crippen MR) is 98.7 cm³/mol. The molecule has 132 valence electrons. The summed E-state index contributed by atoms with van der Waals surface area (Å²) in [4.78, 5) is 11.1. The van der Waals surface area contributed by atoms with Crippen LogP contribution < -0.4 is 4.74 Å². The number of hydrogen-bond acceptors (Lipinski definition) is 4. The normalized spacial score (nSPS) is 10.8. The summed E-state index contributed by atoms with van der Waals surface area (Å²) < 4.78 is 15.9. The molecule has 0 atom stereocenters.